The Morgan fingerprint density at radius 3 is 2.56 bits per heavy atom. The summed E-state index contributed by atoms with van der Waals surface area (Å²) < 4.78 is 26.2. The van der Waals surface area contributed by atoms with E-state index in [1.807, 2.05) is 18.2 Å². The number of hydrogen-bond donors (Lipinski definition) is 2. The van der Waals surface area contributed by atoms with Crippen LogP contribution in [-0.4, -0.2) is 52.4 Å². The predicted molar refractivity (Wildman–Crippen MR) is 138 cm³/mol. The Morgan fingerprint density at radius 2 is 1.90 bits per heavy atom. The van der Waals surface area contributed by atoms with Crippen molar-refractivity contribution in [3.63, 3.8) is 0 Å². The van der Waals surface area contributed by atoms with Gasteiger partial charge >= 0.3 is 29.6 Å². The van der Waals surface area contributed by atoms with Crippen molar-refractivity contribution in [2.45, 2.75) is 56.7 Å². The number of carbonyl (C=O) groups excluding carboxylic acids is 1. The summed E-state index contributed by atoms with van der Waals surface area (Å²) in [5.41, 5.74) is 4.52. The molecule has 2 aromatic carbocycles. The third-order valence-corrected chi connectivity index (χ3v) is 6.81. The molecule has 0 fully saturated rings. The van der Waals surface area contributed by atoms with Gasteiger partial charge in [-0.05, 0) is 73.7 Å². The normalized spacial score (nSPS) is 16.3. The average molecular weight is 547 g/mol. The standard InChI is InChI=1S/C29H33FN2O6.Na/c1-37-26-13-6-18(15-27(26)38-2)14-19-4-3-5-24-25(12-11-22(33)16-23(34)17-28(35)36)32(31-29(19)24)21-9-7-20(30)8-10-21;/h6-13,15,19,22-23,33-34H,3-5,14,16-17H2,1-2H3,(H,35,36);/q;+1/p-1/b12-11+;/t19?,22-,23-;/m0./s1. The number of aromatic nitrogens is 2. The third kappa shape index (κ3) is 7.70. The molecule has 202 valence electrons. The van der Waals surface area contributed by atoms with E-state index in [1.54, 1.807) is 37.1 Å². The van der Waals surface area contributed by atoms with Crippen molar-refractivity contribution in [2.75, 3.05) is 14.2 Å². The number of halogens is 1. The SMILES string of the molecule is COc1ccc(CC2CCCc3c2nn(-c2ccc(F)cc2)c3/C=C/[C@H](O)C[C@H](O)CC(=O)[O-])cc1OC.[Na+]. The molecule has 0 saturated carbocycles. The smallest absolute Gasteiger partial charge is 0.550 e. The van der Waals surface area contributed by atoms with Crippen molar-refractivity contribution in [3.8, 4) is 17.2 Å². The first-order valence-corrected chi connectivity index (χ1v) is 12.6. The van der Waals surface area contributed by atoms with Crippen LogP contribution < -0.4 is 44.1 Å². The number of hydrogen-bond acceptors (Lipinski definition) is 7. The first-order valence-electron chi connectivity index (χ1n) is 12.6. The number of aliphatic hydroxyl groups excluding tert-OH is 2. The van der Waals surface area contributed by atoms with Crippen LogP contribution in [0.3, 0.4) is 0 Å². The Morgan fingerprint density at radius 1 is 1.18 bits per heavy atom. The number of fused-ring (bicyclic) bond motifs is 1. The number of aliphatic carboxylic acids is 1. The van der Waals surface area contributed by atoms with Crippen LogP contribution in [0.4, 0.5) is 4.39 Å². The van der Waals surface area contributed by atoms with E-state index in [9.17, 15) is 24.5 Å². The summed E-state index contributed by atoms with van der Waals surface area (Å²) in [5, 5.41) is 36.0. The number of ether oxygens (including phenoxy) is 2. The Labute approximate surface area is 249 Å². The molecule has 1 aliphatic rings. The summed E-state index contributed by atoms with van der Waals surface area (Å²) in [5.74, 6) is -0.266. The molecule has 1 aliphatic carbocycles. The number of aliphatic hydroxyl groups is 2. The molecule has 0 radical (unpaired) electrons. The minimum Gasteiger partial charge on any atom is -0.550 e. The fraction of sp³-hybridized carbons (Fsp3) is 0.379. The number of methoxy groups -OCH3 is 2. The second-order valence-corrected chi connectivity index (χ2v) is 9.51. The molecule has 10 heteroatoms. The fourth-order valence-corrected chi connectivity index (χ4v) is 5.00. The van der Waals surface area contributed by atoms with Crippen LogP contribution >= 0.6 is 0 Å². The van der Waals surface area contributed by atoms with E-state index in [4.69, 9.17) is 14.6 Å². The van der Waals surface area contributed by atoms with Gasteiger partial charge < -0.3 is 29.6 Å². The summed E-state index contributed by atoms with van der Waals surface area (Å²) >= 11 is 0. The van der Waals surface area contributed by atoms with E-state index in [0.29, 0.717) is 17.2 Å². The Balaban J connectivity index is 0.00000420. The van der Waals surface area contributed by atoms with Crippen molar-refractivity contribution in [1.29, 1.82) is 0 Å². The quantitative estimate of drug-likeness (QED) is 0.324. The molecule has 4 rings (SSSR count). The topological polar surface area (TPSA) is 117 Å². The van der Waals surface area contributed by atoms with Gasteiger partial charge in [0.25, 0.3) is 0 Å². The van der Waals surface area contributed by atoms with Crippen LogP contribution in [0.1, 0.15) is 54.1 Å². The summed E-state index contributed by atoms with van der Waals surface area (Å²) in [7, 11) is 3.21. The number of nitrogens with zero attached hydrogens (tertiary/aromatic N) is 2. The molecule has 0 saturated heterocycles. The molecule has 0 aliphatic heterocycles. The summed E-state index contributed by atoms with van der Waals surface area (Å²) in [6, 6.07) is 11.9. The molecule has 39 heavy (non-hydrogen) atoms. The molecule has 0 bridgehead atoms. The number of rotatable bonds is 11. The maximum Gasteiger partial charge on any atom is 1.00 e. The van der Waals surface area contributed by atoms with E-state index >= 15 is 0 Å². The van der Waals surface area contributed by atoms with Crippen LogP contribution in [-0.2, 0) is 17.6 Å². The minimum atomic E-state index is -1.38. The molecule has 0 spiro atoms. The summed E-state index contributed by atoms with van der Waals surface area (Å²) in [4.78, 5) is 10.7. The van der Waals surface area contributed by atoms with E-state index in [0.717, 1.165) is 48.2 Å². The van der Waals surface area contributed by atoms with Crippen LogP contribution in [0.5, 0.6) is 11.5 Å². The molecule has 3 aromatic rings. The molecular formula is C29H32FN2NaO6. The van der Waals surface area contributed by atoms with Gasteiger partial charge in [0.05, 0.1) is 43.5 Å². The Hall–Kier alpha value is -2.69. The Bertz CT molecular complexity index is 1290. The van der Waals surface area contributed by atoms with Crippen molar-refractivity contribution in [3.05, 3.63) is 76.9 Å². The number of carbonyl (C=O) groups is 1. The van der Waals surface area contributed by atoms with Gasteiger partial charge in [0.2, 0.25) is 0 Å². The maximum absolute atomic E-state index is 13.6. The van der Waals surface area contributed by atoms with Crippen molar-refractivity contribution >= 4 is 12.0 Å². The molecule has 8 nitrogen and oxygen atoms in total. The fourth-order valence-electron chi connectivity index (χ4n) is 5.00. The maximum atomic E-state index is 13.6. The monoisotopic (exact) mass is 546 g/mol. The minimum absolute atomic E-state index is 0. The van der Waals surface area contributed by atoms with E-state index < -0.39 is 24.6 Å². The van der Waals surface area contributed by atoms with Crippen molar-refractivity contribution < 1.29 is 63.5 Å². The molecular weight excluding hydrogens is 514 g/mol. The first kappa shape index (κ1) is 30.8. The Kier molecular flexibility index (Phi) is 11.1. The molecule has 3 atom stereocenters. The van der Waals surface area contributed by atoms with Gasteiger partial charge in [-0.15, -0.1) is 0 Å². The van der Waals surface area contributed by atoms with Gasteiger partial charge in [-0.1, -0.05) is 12.1 Å². The zero-order valence-electron chi connectivity index (χ0n) is 22.5. The average Bonchev–Trinajstić information content (AvgIpc) is 3.26. The van der Waals surface area contributed by atoms with Crippen LogP contribution in [0, 0.1) is 5.82 Å². The zero-order valence-corrected chi connectivity index (χ0v) is 24.5. The van der Waals surface area contributed by atoms with Crippen LogP contribution in [0.15, 0.2) is 48.5 Å². The number of carboxylic acid groups (broad SMARTS) is 1. The van der Waals surface area contributed by atoms with Gasteiger partial charge in [-0.25, -0.2) is 9.07 Å². The van der Waals surface area contributed by atoms with Gasteiger partial charge in [-0.2, -0.15) is 5.10 Å². The van der Waals surface area contributed by atoms with Crippen molar-refractivity contribution in [2.24, 2.45) is 0 Å². The second kappa shape index (κ2) is 14.1. The number of benzene rings is 2. The predicted octanol–water partition coefficient (Wildman–Crippen LogP) is -0.0397. The third-order valence-electron chi connectivity index (χ3n) is 6.81. The van der Waals surface area contributed by atoms with Crippen LogP contribution in [0.25, 0.3) is 11.8 Å². The molecule has 1 heterocycles. The number of carboxylic acids is 1. The van der Waals surface area contributed by atoms with Gasteiger partial charge in [-0.3, -0.25) is 0 Å². The first-order chi connectivity index (χ1) is 18.3. The molecule has 1 aromatic heterocycles. The second-order valence-electron chi connectivity index (χ2n) is 9.51. The van der Waals surface area contributed by atoms with E-state index in [1.165, 1.54) is 18.2 Å². The van der Waals surface area contributed by atoms with E-state index in [2.05, 4.69) is 0 Å². The zero-order chi connectivity index (χ0) is 27.2. The molecule has 0 amide bonds. The van der Waals surface area contributed by atoms with Crippen molar-refractivity contribution in [1.82, 2.24) is 9.78 Å². The van der Waals surface area contributed by atoms with Gasteiger partial charge in [0.15, 0.2) is 11.5 Å². The van der Waals surface area contributed by atoms with Gasteiger partial charge in [0, 0.05) is 30.3 Å². The molecule has 2 N–H and O–H groups in total. The largest absolute Gasteiger partial charge is 1.00 e. The molecule has 1 unspecified atom stereocenters. The van der Waals surface area contributed by atoms with E-state index in [-0.39, 0.29) is 47.7 Å². The van der Waals surface area contributed by atoms with Gasteiger partial charge in [0.1, 0.15) is 5.82 Å². The summed E-state index contributed by atoms with van der Waals surface area (Å²) in [6.07, 6.45) is 3.72. The van der Waals surface area contributed by atoms with Crippen LogP contribution in [0.2, 0.25) is 0 Å². The summed E-state index contributed by atoms with van der Waals surface area (Å²) in [6.45, 7) is 0.